The molecule has 1 saturated heterocycles. The molecule has 0 radical (unpaired) electrons. The van der Waals surface area contributed by atoms with Gasteiger partial charge in [0.2, 0.25) is 21.8 Å². The molecule has 3 aromatic rings. The summed E-state index contributed by atoms with van der Waals surface area (Å²) in [5, 5.41) is 17.2. The Bertz CT molecular complexity index is 1240. The Morgan fingerprint density at radius 1 is 1.03 bits per heavy atom. The molecule has 2 aromatic carbocycles. The van der Waals surface area contributed by atoms with E-state index in [0.29, 0.717) is 36.7 Å². The van der Waals surface area contributed by atoms with Crippen LogP contribution in [0.3, 0.4) is 0 Å². The minimum Gasteiger partial charge on any atom is -0.342 e. The number of carbonyl (C=O) groups excluding carboxylic acids is 1. The lowest BCUT2D eigenvalue weighted by atomic mass is 9.92. The molecule has 1 unspecified atom stereocenters. The number of nitrogens with zero attached hydrogens (tertiary/aromatic N) is 4. The summed E-state index contributed by atoms with van der Waals surface area (Å²) in [6.45, 7) is 0.630. The number of piperidine rings is 1. The number of benzene rings is 2. The predicted octanol–water partition coefficient (Wildman–Crippen LogP) is 2.38. The minimum atomic E-state index is -3.58. The molecule has 1 atom stereocenters. The van der Waals surface area contributed by atoms with Gasteiger partial charge in [-0.15, -0.1) is 10.2 Å². The van der Waals surface area contributed by atoms with Crippen molar-refractivity contribution in [1.29, 1.82) is 0 Å². The van der Waals surface area contributed by atoms with E-state index in [9.17, 15) is 13.2 Å². The molecule has 1 fully saturated rings. The molecule has 34 heavy (non-hydrogen) atoms. The van der Waals surface area contributed by atoms with E-state index < -0.39 is 16.1 Å². The largest absolute Gasteiger partial charge is 0.342 e. The first-order valence-corrected chi connectivity index (χ1v) is 13.2. The Kier molecular flexibility index (Phi) is 6.42. The highest BCUT2D eigenvalue weighted by molar-refractivity contribution is 7.89. The number of aromatic amines is 1. The van der Waals surface area contributed by atoms with Gasteiger partial charge in [-0.3, -0.25) is 4.79 Å². The molecule has 0 saturated carbocycles. The minimum absolute atomic E-state index is 0.135. The van der Waals surface area contributed by atoms with Gasteiger partial charge in [-0.05, 0) is 67.3 Å². The van der Waals surface area contributed by atoms with Crippen molar-refractivity contribution in [3.05, 3.63) is 71.0 Å². The number of nitrogens with one attached hydrogen (secondary N) is 2. The number of hydrogen-bond acceptors (Lipinski definition) is 6. The number of tetrazole rings is 1. The summed E-state index contributed by atoms with van der Waals surface area (Å²) in [5.74, 6) is -0.0375. The van der Waals surface area contributed by atoms with E-state index in [-0.39, 0.29) is 11.8 Å². The molecule has 10 heteroatoms. The van der Waals surface area contributed by atoms with Crippen molar-refractivity contribution in [3.8, 4) is 0 Å². The van der Waals surface area contributed by atoms with Crippen LogP contribution >= 0.6 is 0 Å². The van der Waals surface area contributed by atoms with Crippen LogP contribution < -0.4 is 5.32 Å². The van der Waals surface area contributed by atoms with Crippen molar-refractivity contribution in [3.63, 3.8) is 0 Å². The molecule has 2 heterocycles. The van der Waals surface area contributed by atoms with Crippen LogP contribution in [0, 0.1) is 5.92 Å². The van der Waals surface area contributed by atoms with Crippen molar-refractivity contribution >= 4 is 15.9 Å². The zero-order chi connectivity index (χ0) is 23.5. The number of aryl methyl sites for hydroxylation is 2. The summed E-state index contributed by atoms with van der Waals surface area (Å²) in [5.41, 5.74) is 3.26. The molecule has 2 N–H and O–H groups in total. The molecular formula is C24H28N6O3S. The van der Waals surface area contributed by atoms with E-state index in [1.165, 1.54) is 9.87 Å². The quantitative estimate of drug-likeness (QED) is 0.559. The third-order valence-electron chi connectivity index (χ3n) is 6.82. The van der Waals surface area contributed by atoms with E-state index in [2.05, 4.69) is 25.9 Å². The molecule has 1 aliphatic carbocycles. The normalized spacial score (nSPS) is 18.2. The van der Waals surface area contributed by atoms with Crippen LogP contribution in [0.2, 0.25) is 0 Å². The molecule has 0 spiro atoms. The highest BCUT2D eigenvalue weighted by Gasteiger charge is 2.34. The fourth-order valence-electron chi connectivity index (χ4n) is 4.87. The fourth-order valence-corrected chi connectivity index (χ4v) is 6.39. The van der Waals surface area contributed by atoms with Crippen LogP contribution in [-0.2, 0) is 27.7 Å². The SMILES string of the molecule is O=C(NC(c1ccccc1)c1nn[nH]n1)C1CCN(S(=O)(=O)c2ccc3c(c2)CCCC3)CC1. The highest BCUT2D eigenvalue weighted by atomic mass is 32.2. The van der Waals surface area contributed by atoms with Crippen LogP contribution in [0.5, 0.6) is 0 Å². The van der Waals surface area contributed by atoms with Gasteiger partial charge in [0, 0.05) is 19.0 Å². The Labute approximate surface area is 199 Å². The van der Waals surface area contributed by atoms with Gasteiger partial charge in [0.1, 0.15) is 6.04 Å². The number of fused-ring (bicyclic) bond motifs is 1. The summed E-state index contributed by atoms with van der Waals surface area (Å²) in [6.07, 6.45) is 5.14. The Morgan fingerprint density at radius 2 is 1.76 bits per heavy atom. The zero-order valence-corrected chi connectivity index (χ0v) is 19.7. The molecule has 1 aliphatic heterocycles. The van der Waals surface area contributed by atoms with Crippen LogP contribution in [0.4, 0.5) is 0 Å². The summed E-state index contributed by atoms with van der Waals surface area (Å²) in [4.78, 5) is 13.5. The third kappa shape index (κ3) is 4.60. The zero-order valence-electron chi connectivity index (χ0n) is 18.9. The standard InChI is InChI=1S/C24H28N6O3S/c31-24(25-22(23-26-28-29-27-23)18-7-2-1-3-8-18)19-12-14-30(15-13-19)34(32,33)21-11-10-17-6-4-5-9-20(17)16-21/h1-3,7-8,10-11,16,19,22H,4-6,9,12-15H2,(H,25,31)(H,26,27,28,29). The lowest BCUT2D eigenvalue weighted by Crippen LogP contribution is -2.44. The number of rotatable bonds is 6. The van der Waals surface area contributed by atoms with Crippen LogP contribution in [0.25, 0.3) is 0 Å². The van der Waals surface area contributed by atoms with Gasteiger partial charge in [-0.2, -0.15) is 9.52 Å². The summed E-state index contributed by atoms with van der Waals surface area (Å²) >= 11 is 0. The first-order valence-electron chi connectivity index (χ1n) is 11.7. The molecule has 1 amide bonds. The monoisotopic (exact) mass is 480 g/mol. The molecule has 178 valence electrons. The topological polar surface area (TPSA) is 121 Å². The van der Waals surface area contributed by atoms with Crippen LogP contribution in [0.15, 0.2) is 53.4 Å². The van der Waals surface area contributed by atoms with Crippen molar-refractivity contribution in [1.82, 2.24) is 30.2 Å². The van der Waals surface area contributed by atoms with Crippen LogP contribution in [0.1, 0.15) is 54.2 Å². The second-order valence-corrected chi connectivity index (χ2v) is 10.9. The maximum absolute atomic E-state index is 13.3. The maximum atomic E-state index is 13.3. The van der Waals surface area contributed by atoms with Crippen molar-refractivity contribution in [2.45, 2.75) is 49.5 Å². The first kappa shape index (κ1) is 22.7. The molecule has 2 aliphatic rings. The smallest absolute Gasteiger partial charge is 0.243 e. The lowest BCUT2D eigenvalue weighted by molar-refractivity contribution is -0.126. The van der Waals surface area contributed by atoms with E-state index in [1.54, 1.807) is 6.07 Å². The van der Waals surface area contributed by atoms with Crippen molar-refractivity contribution < 1.29 is 13.2 Å². The lowest BCUT2D eigenvalue weighted by Gasteiger charge is -2.31. The van der Waals surface area contributed by atoms with E-state index in [4.69, 9.17) is 0 Å². The summed E-state index contributed by atoms with van der Waals surface area (Å²) in [7, 11) is -3.58. The van der Waals surface area contributed by atoms with Gasteiger partial charge >= 0.3 is 0 Å². The number of aromatic nitrogens is 4. The number of hydrogen-bond donors (Lipinski definition) is 2. The van der Waals surface area contributed by atoms with Gasteiger partial charge in [0.15, 0.2) is 0 Å². The molecule has 1 aromatic heterocycles. The average molecular weight is 481 g/mol. The van der Waals surface area contributed by atoms with E-state index in [1.807, 2.05) is 42.5 Å². The van der Waals surface area contributed by atoms with E-state index in [0.717, 1.165) is 36.8 Å². The Morgan fingerprint density at radius 3 is 2.47 bits per heavy atom. The predicted molar refractivity (Wildman–Crippen MR) is 125 cm³/mol. The van der Waals surface area contributed by atoms with E-state index >= 15 is 0 Å². The van der Waals surface area contributed by atoms with Gasteiger partial charge in [-0.25, -0.2) is 8.42 Å². The summed E-state index contributed by atoms with van der Waals surface area (Å²) in [6, 6.07) is 14.5. The Hall–Kier alpha value is -3.11. The highest BCUT2D eigenvalue weighted by Crippen LogP contribution is 2.29. The van der Waals surface area contributed by atoms with Gasteiger partial charge < -0.3 is 5.32 Å². The first-order chi connectivity index (χ1) is 16.5. The molecule has 5 rings (SSSR count). The molecule has 0 bridgehead atoms. The van der Waals surface area contributed by atoms with Gasteiger partial charge in [0.05, 0.1) is 4.90 Å². The third-order valence-corrected chi connectivity index (χ3v) is 8.72. The number of carbonyl (C=O) groups is 1. The number of amides is 1. The number of H-pyrrole nitrogens is 1. The second-order valence-electron chi connectivity index (χ2n) is 8.94. The van der Waals surface area contributed by atoms with Gasteiger partial charge in [-0.1, -0.05) is 41.6 Å². The van der Waals surface area contributed by atoms with Crippen molar-refractivity contribution in [2.24, 2.45) is 5.92 Å². The van der Waals surface area contributed by atoms with Crippen molar-refractivity contribution in [2.75, 3.05) is 13.1 Å². The molecular weight excluding hydrogens is 452 g/mol. The summed E-state index contributed by atoms with van der Waals surface area (Å²) < 4.78 is 28.0. The fraction of sp³-hybridized carbons (Fsp3) is 0.417. The van der Waals surface area contributed by atoms with Crippen LogP contribution in [-0.4, -0.2) is 52.3 Å². The Balaban J connectivity index is 1.25. The average Bonchev–Trinajstić information content (AvgIpc) is 3.42. The van der Waals surface area contributed by atoms with Gasteiger partial charge in [0.25, 0.3) is 0 Å². The maximum Gasteiger partial charge on any atom is 0.243 e. The number of sulfonamides is 1. The second kappa shape index (κ2) is 9.63. The molecule has 9 nitrogen and oxygen atoms in total.